The van der Waals surface area contributed by atoms with Crippen LogP contribution in [0.5, 0.6) is 11.5 Å². The molecular weight excluding hydrogens is 272 g/mol. The third-order valence-electron chi connectivity index (χ3n) is 3.25. The third-order valence-corrected chi connectivity index (χ3v) is 3.25. The van der Waals surface area contributed by atoms with Crippen molar-refractivity contribution in [3.63, 3.8) is 0 Å². The summed E-state index contributed by atoms with van der Waals surface area (Å²) in [6.45, 7) is 0. The van der Waals surface area contributed by atoms with E-state index >= 15 is 0 Å². The Morgan fingerprint density at radius 2 is 1.67 bits per heavy atom. The van der Waals surface area contributed by atoms with Crippen LogP contribution in [0.4, 0.5) is 0 Å². The van der Waals surface area contributed by atoms with Crippen molar-refractivity contribution in [2.24, 2.45) is 0 Å². The molecule has 1 aromatic rings. The van der Waals surface area contributed by atoms with Gasteiger partial charge in [0.2, 0.25) is 0 Å². The molecule has 0 aliphatic rings. The topological polar surface area (TPSA) is 72.8 Å². The number of carbonyl (C=O) groups is 2. The quantitative estimate of drug-likeness (QED) is 0.529. The Morgan fingerprint density at radius 3 is 2.24 bits per heavy atom. The fraction of sp³-hybridized carbons (Fsp3) is 0.500. The van der Waals surface area contributed by atoms with E-state index in [9.17, 15) is 9.59 Å². The van der Waals surface area contributed by atoms with Gasteiger partial charge in [-0.2, -0.15) is 0 Å². The minimum absolute atomic E-state index is 0.0176. The average molecular weight is 294 g/mol. The van der Waals surface area contributed by atoms with Crippen LogP contribution in [0, 0.1) is 0 Å². The first-order valence-electron chi connectivity index (χ1n) is 7.05. The predicted octanol–water partition coefficient (Wildman–Crippen LogP) is 3.31. The molecule has 1 rings (SSSR count). The van der Waals surface area contributed by atoms with Gasteiger partial charge in [-0.3, -0.25) is 9.59 Å². The highest BCUT2D eigenvalue weighted by molar-refractivity contribution is 5.99. The molecule has 0 aliphatic heterocycles. The molecule has 0 spiro atoms. The highest BCUT2D eigenvalue weighted by atomic mass is 16.5. The maximum Gasteiger partial charge on any atom is 0.303 e. The smallest absolute Gasteiger partial charge is 0.303 e. The first kappa shape index (κ1) is 17.0. The summed E-state index contributed by atoms with van der Waals surface area (Å²) >= 11 is 0. The Morgan fingerprint density at radius 1 is 1.00 bits per heavy atom. The van der Waals surface area contributed by atoms with Crippen molar-refractivity contribution in [1.82, 2.24) is 0 Å². The van der Waals surface area contributed by atoms with Crippen LogP contribution in [-0.2, 0) is 4.79 Å². The number of ketones is 1. The number of carboxylic acid groups (broad SMARTS) is 1. The summed E-state index contributed by atoms with van der Waals surface area (Å²) in [5.41, 5.74) is 0.530. The normalized spacial score (nSPS) is 10.2. The molecule has 5 heteroatoms. The lowest BCUT2D eigenvalue weighted by molar-refractivity contribution is -0.137. The summed E-state index contributed by atoms with van der Waals surface area (Å²) in [6, 6.07) is 5.16. The zero-order valence-corrected chi connectivity index (χ0v) is 12.6. The zero-order chi connectivity index (χ0) is 15.7. The third kappa shape index (κ3) is 5.85. The molecule has 116 valence electrons. The number of rotatable bonds is 10. The Labute approximate surface area is 124 Å². The second kappa shape index (κ2) is 9.00. The van der Waals surface area contributed by atoms with E-state index < -0.39 is 5.97 Å². The van der Waals surface area contributed by atoms with Gasteiger partial charge >= 0.3 is 5.97 Å². The number of unbranched alkanes of at least 4 members (excludes halogenated alkanes) is 3. The number of hydrogen-bond donors (Lipinski definition) is 1. The second-order valence-corrected chi connectivity index (χ2v) is 4.80. The lowest BCUT2D eigenvalue weighted by Crippen LogP contribution is -2.03. The number of Topliss-reactive ketones (excluding diaryl/α,β-unsaturated/α-hetero) is 1. The number of benzene rings is 1. The van der Waals surface area contributed by atoms with Crippen LogP contribution in [0.1, 0.15) is 48.9 Å². The van der Waals surface area contributed by atoms with E-state index in [-0.39, 0.29) is 12.2 Å². The summed E-state index contributed by atoms with van der Waals surface area (Å²) in [6.07, 6.45) is 3.71. The van der Waals surface area contributed by atoms with Crippen LogP contribution in [0.3, 0.4) is 0 Å². The number of hydrogen-bond acceptors (Lipinski definition) is 4. The van der Waals surface area contributed by atoms with Gasteiger partial charge in [-0.25, -0.2) is 0 Å². The SMILES string of the molecule is COc1ccc(OC)c(C(=O)CCCCCCC(=O)O)c1. The fourth-order valence-electron chi connectivity index (χ4n) is 2.08. The van der Waals surface area contributed by atoms with Gasteiger partial charge in [0, 0.05) is 12.8 Å². The number of carboxylic acids is 1. The van der Waals surface area contributed by atoms with Crippen molar-refractivity contribution in [2.45, 2.75) is 38.5 Å². The van der Waals surface area contributed by atoms with Gasteiger partial charge in [-0.1, -0.05) is 12.8 Å². The predicted molar refractivity (Wildman–Crippen MR) is 79.2 cm³/mol. The molecule has 5 nitrogen and oxygen atoms in total. The molecule has 0 aliphatic carbocycles. The second-order valence-electron chi connectivity index (χ2n) is 4.80. The van der Waals surface area contributed by atoms with Crippen LogP contribution in [-0.4, -0.2) is 31.1 Å². The molecule has 0 fully saturated rings. The lowest BCUT2D eigenvalue weighted by atomic mass is 10.0. The van der Waals surface area contributed by atoms with E-state index in [1.165, 1.54) is 7.11 Å². The Balaban J connectivity index is 2.46. The molecule has 21 heavy (non-hydrogen) atoms. The van der Waals surface area contributed by atoms with E-state index in [1.807, 2.05) is 0 Å². The van der Waals surface area contributed by atoms with E-state index in [1.54, 1.807) is 25.3 Å². The van der Waals surface area contributed by atoms with Gasteiger partial charge in [0.05, 0.1) is 19.8 Å². The summed E-state index contributed by atoms with van der Waals surface area (Å²) in [5.74, 6) is 0.420. The van der Waals surface area contributed by atoms with Gasteiger partial charge in [0.1, 0.15) is 11.5 Å². The minimum Gasteiger partial charge on any atom is -0.497 e. The van der Waals surface area contributed by atoms with Crippen molar-refractivity contribution < 1.29 is 24.2 Å². The maximum absolute atomic E-state index is 12.2. The van der Waals surface area contributed by atoms with Crippen molar-refractivity contribution in [1.29, 1.82) is 0 Å². The number of carbonyl (C=O) groups excluding carboxylic acids is 1. The van der Waals surface area contributed by atoms with Crippen LogP contribution in [0.15, 0.2) is 18.2 Å². The van der Waals surface area contributed by atoms with Gasteiger partial charge in [-0.05, 0) is 31.0 Å². The minimum atomic E-state index is -0.771. The van der Waals surface area contributed by atoms with E-state index in [2.05, 4.69) is 0 Å². The molecule has 0 amide bonds. The highest BCUT2D eigenvalue weighted by Gasteiger charge is 2.13. The largest absolute Gasteiger partial charge is 0.497 e. The number of aliphatic carboxylic acids is 1. The molecular formula is C16H22O5. The van der Waals surface area contributed by atoms with E-state index in [4.69, 9.17) is 14.6 Å². The van der Waals surface area contributed by atoms with Gasteiger partial charge in [0.25, 0.3) is 0 Å². The molecule has 1 N–H and O–H groups in total. The Bertz CT molecular complexity index is 482. The van der Waals surface area contributed by atoms with Crippen molar-refractivity contribution in [3.8, 4) is 11.5 Å². The van der Waals surface area contributed by atoms with Crippen molar-refractivity contribution in [3.05, 3.63) is 23.8 Å². The van der Waals surface area contributed by atoms with Gasteiger partial charge in [0.15, 0.2) is 5.78 Å². The number of ether oxygens (including phenoxy) is 2. The molecule has 0 heterocycles. The zero-order valence-electron chi connectivity index (χ0n) is 12.6. The van der Waals surface area contributed by atoms with Crippen LogP contribution in [0.2, 0.25) is 0 Å². The fourth-order valence-corrected chi connectivity index (χ4v) is 2.08. The van der Waals surface area contributed by atoms with Crippen LogP contribution < -0.4 is 9.47 Å². The molecule has 0 saturated heterocycles. The molecule has 0 aromatic heterocycles. The van der Waals surface area contributed by atoms with Crippen LogP contribution in [0.25, 0.3) is 0 Å². The summed E-state index contributed by atoms with van der Waals surface area (Å²) in [5, 5.41) is 8.53. The van der Waals surface area contributed by atoms with Crippen LogP contribution >= 0.6 is 0 Å². The number of methoxy groups -OCH3 is 2. The molecule has 0 unspecified atom stereocenters. The monoisotopic (exact) mass is 294 g/mol. The Hall–Kier alpha value is -2.04. The molecule has 0 bridgehead atoms. The first-order chi connectivity index (χ1) is 10.1. The summed E-state index contributed by atoms with van der Waals surface area (Å²) < 4.78 is 10.3. The molecule has 0 saturated carbocycles. The average Bonchev–Trinajstić information content (AvgIpc) is 2.49. The van der Waals surface area contributed by atoms with E-state index in [0.29, 0.717) is 29.9 Å². The van der Waals surface area contributed by atoms with Gasteiger partial charge in [-0.15, -0.1) is 0 Å². The van der Waals surface area contributed by atoms with Gasteiger partial charge < -0.3 is 14.6 Å². The molecule has 0 atom stereocenters. The standard InChI is InChI=1S/C16H22O5/c1-20-12-9-10-15(21-2)13(11-12)14(17)7-5-3-4-6-8-16(18)19/h9-11H,3-8H2,1-2H3,(H,18,19). The van der Waals surface area contributed by atoms with Crippen molar-refractivity contribution >= 4 is 11.8 Å². The van der Waals surface area contributed by atoms with Crippen molar-refractivity contribution in [2.75, 3.05) is 14.2 Å². The molecule has 0 radical (unpaired) electrons. The first-order valence-corrected chi connectivity index (χ1v) is 7.05. The summed E-state index contributed by atoms with van der Waals surface area (Å²) in [4.78, 5) is 22.6. The lowest BCUT2D eigenvalue weighted by Gasteiger charge is -2.09. The highest BCUT2D eigenvalue weighted by Crippen LogP contribution is 2.25. The molecule has 1 aromatic carbocycles. The van der Waals surface area contributed by atoms with E-state index in [0.717, 1.165) is 19.3 Å². The summed E-state index contributed by atoms with van der Waals surface area (Å²) in [7, 11) is 3.09. The Kier molecular flexibility index (Phi) is 7.29. The maximum atomic E-state index is 12.2.